The molecule has 1 atom stereocenters. The number of carbonyl (C=O) groups is 2. The van der Waals surface area contributed by atoms with E-state index in [1.807, 2.05) is 0 Å². The molecule has 1 heterocycles. The SMILES string of the molecule is Cc1cc(F)ccc1C1C(=O)NCCN1C(=O)NCC(F)(F)F. The van der Waals surface area contributed by atoms with Gasteiger partial charge in [0.15, 0.2) is 0 Å². The Balaban J connectivity index is 2.25. The molecule has 0 saturated carbocycles. The van der Waals surface area contributed by atoms with Crippen molar-refractivity contribution in [1.82, 2.24) is 15.5 Å². The highest BCUT2D eigenvalue weighted by molar-refractivity contribution is 5.89. The van der Waals surface area contributed by atoms with E-state index >= 15 is 0 Å². The topological polar surface area (TPSA) is 61.4 Å². The summed E-state index contributed by atoms with van der Waals surface area (Å²) in [6, 6.07) is 1.59. The van der Waals surface area contributed by atoms with Gasteiger partial charge < -0.3 is 15.5 Å². The monoisotopic (exact) mass is 333 g/mol. The molecular formula is C14H15F4N3O2. The Labute approximate surface area is 129 Å². The largest absolute Gasteiger partial charge is 0.405 e. The second-order valence-corrected chi connectivity index (χ2v) is 5.16. The van der Waals surface area contributed by atoms with Gasteiger partial charge in [-0.25, -0.2) is 9.18 Å². The summed E-state index contributed by atoms with van der Waals surface area (Å²) in [4.78, 5) is 25.1. The van der Waals surface area contributed by atoms with Crippen LogP contribution in [0.1, 0.15) is 17.2 Å². The van der Waals surface area contributed by atoms with Crippen molar-refractivity contribution in [3.05, 3.63) is 35.1 Å². The Morgan fingerprint density at radius 2 is 2.13 bits per heavy atom. The van der Waals surface area contributed by atoms with E-state index in [0.717, 1.165) is 11.0 Å². The van der Waals surface area contributed by atoms with Gasteiger partial charge in [-0.1, -0.05) is 6.07 Å². The van der Waals surface area contributed by atoms with Gasteiger partial charge in [0.05, 0.1) is 0 Å². The van der Waals surface area contributed by atoms with Crippen LogP contribution < -0.4 is 10.6 Å². The molecule has 1 unspecified atom stereocenters. The first-order chi connectivity index (χ1) is 10.7. The molecule has 23 heavy (non-hydrogen) atoms. The number of amides is 3. The van der Waals surface area contributed by atoms with Crippen molar-refractivity contribution in [2.24, 2.45) is 0 Å². The molecule has 3 amide bonds. The zero-order chi connectivity index (χ0) is 17.2. The Hall–Kier alpha value is -2.32. The van der Waals surface area contributed by atoms with Crippen molar-refractivity contribution >= 4 is 11.9 Å². The molecule has 0 aliphatic carbocycles. The lowest BCUT2D eigenvalue weighted by Crippen LogP contribution is -2.55. The summed E-state index contributed by atoms with van der Waals surface area (Å²) < 4.78 is 49.9. The molecule has 2 rings (SSSR count). The van der Waals surface area contributed by atoms with Crippen LogP contribution in [-0.2, 0) is 4.79 Å². The molecule has 1 fully saturated rings. The van der Waals surface area contributed by atoms with Crippen molar-refractivity contribution in [2.75, 3.05) is 19.6 Å². The van der Waals surface area contributed by atoms with Gasteiger partial charge in [-0.3, -0.25) is 4.79 Å². The average Bonchev–Trinajstić information content (AvgIpc) is 2.44. The normalized spacial score (nSPS) is 18.6. The van der Waals surface area contributed by atoms with E-state index < -0.39 is 36.5 Å². The number of hydrogen-bond acceptors (Lipinski definition) is 2. The van der Waals surface area contributed by atoms with Gasteiger partial charge in [-0.15, -0.1) is 0 Å². The van der Waals surface area contributed by atoms with Crippen molar-refractivity contribution in [2.45, 2.75) is 19.1 Å². The number of aryl methyl sites for hydroxylation is 1. The lowest BCUT2D eigenvalue weighted by Gasteiger charge is -2.36. The van der Waals surface area contributed by atoms with E-state index in [0.29, 0.717) is 11.1 Å². The van der Waals surface area contributed by atoms with E-state index in [2.05, 4.69) is 5.32 Å². The van der Waals surface area contributed by atoms with E-state index in [4.69, 9.17) is 0 Å². The molecular weight excluding hydrogens is 318 g/mol. The zero-order valence-electron chi connectivity index (χ0n) is 12.2. The molecule has 126 valence electrons. The van der Waals surface area contributed by atoms with Gasteiger partial charge >= 0.3 is 12.2 Å². The molecule has 1 aromatic carbocycles. The minimum atomic E-state index is -4.55. The van der Waals surface area contributed by atoms with Crippen LogP contribution >= 0.6 is 0 Å². The maximum Gasteiger partial charge on any atom is 0.405 e. The third-order valence-electron chi connectivity index (χ3n) is 3.44. The number of rotatable bonds is 2. The van der Waals surface area contributed by atoms with E-state index in [-0.39, 0.29) is 13.1 Å². The van der Waals surface area contributed by atoms with Crippen LogP contribution in [0.5, 0.6) is 0 Å². The smallest absolute Gasteiger partial charge is 0.352 e. The maximum atomic E-state index is 13.2. The van der Waals surface area contributed by atoms with Gasteiger partial charge in [-0.2, -0.15) is 13.2 Å². The van der Waals surface area contributed by atoms with Gasteiger partial charge in [0.1, 0.15) is 18.4 Å². The standard InChI is InChI=1S/C14H15F4N3O2/c1-8-6-9(15)2-3-10(8)11-12(22)19-4-5-21(11)13(23)20-7-14(16,17)18/h2-3,6,11H,4-5,7H2,1H3,(H,19,22)(H,20,23). The quantitative estimate of drug-likeness (QED) is 0.812. The molecule has 1 aliphatic rings. The summed E-state index contributed by atoms with van der Waals surface area (Å²) in [5, 5.41) is 4.30. The number of hydrogen-bond donors (Lipinski definition) is 2. The first-order valence-corrected chi connectivity index (χ1v) is 6.84. The lowest BCUT2D eigenvalue weighted by atomic mass is 9.98. The highest BCUT2D eigenvalue weighted by Crippen LogP contribution is 2.27. The van der Waals surface area contributed by atoms with E-state index in [1.165, 1.54) is 12.1 Å². The van der Waals surface area contributed by atoms with Crippen LogP contribution in [0.3, 0.4) is 0 Å². The minimum absolute atomic E-state index is 0.0525. The van der Waals surface area contributed by atoms with E-state index in [1.54, 1.807) is 12.2 Å². The van der Waals surface area contributed by atoms with Gasteiger partial charge in [0.2, 0.25) is 5.91 Å². The molecule has 1 aliphatic heterocycles. The van der Waals surface area contributed by atoms with Crippen LogP contribution in [0.2, 0.25) is 0 Å². The van der Waals surface area contributed by atoms with Crippen LogP contribution in [0.25, 0.3) is 0 Å². The molecule has 0 bridgehead atoms. The summed E-state index contributed by atoms with van der Waals surface area (Å²) in [5.74, 6) is -1.02. The second-order valence-electron chi connectivity index (χ2n) is 5.16. The molecule has 0 spiro atoms. The number of alkyl halides is 3. The zero-order valence-corrected chi connectivity index (χ0v) is 12.2. The Morgan fingerprint density at radius 3 is 2.74 bits per heavy atom. The van der Waals surface area contributed by atoms with Gasteiger partial charge in [0.25, 0.3) is 0 Å². The fraction of sp³-hybridized carbons (Fsp3) is 0.429. The van der Waals surface area contributed by atoms with Crippen molar-refractivity contribution in [1.29, 1.82) is 0 Å². The molecule has 0 aromatic heterocycles. The second kappa shape index (κ2) is 6.43. The summed E-state index contributed by atoms with van der Waals surface area (Å²) in [6.45, 7) is 0.261. The first kappa shape index (κ1) is 17.0. The fourth-order valence-corrected chi connectivity index (χ4v) is 2.42. The number of nitrogens with one attached hydrogen (secondary N) is 2. The molecule has 1 aromatic rings. The fourth-order valence-electron chi connectivity index (χ4n) is 2.42. The van der Waals surface area contributed by atoms with Crippen LogP contribution in [-0.4, -0.2) is 42.6 Å². The molecule has 1 saturated heterocycles. The minimum Gasteiger partial charge on any atom is -0.352 e. The predicted molar refractivity (Wildman–Crippen MR) is 73.0 cm³/mol. The first-order valence-electron chi connectivity index (χ1n) is 6.84. The molecule has 2 N–H and O–H groups in total. The highest BCUT2D eigenvalue weighted by atomic mass is 19.4. The van der Waals surface area contributed by atoms with Crippen molar-refractivity contribution in [3.63, 3.8) is 0 Å². The molecule has 0 radical (unpaired) electrons. The van der Waals surface area contributed by atoms with Gasteiger partial charge in [-0.05, 0) is 30.2 Å². The maximum absolute atomic E-state index is 13.2. The summed E-state index contributed by atoms with van der Waals surface area (Å²) in [5.41, 5.74) is 0.798. The summed E-state index contributed by atoms with van der Waals surface area (Å²) >= 11 is 0. The highest BCUT2D eigenvalue weighted by Gasteiger charge is 2.37. The third kappa shape index (κ3) is 4.11. The van der Waals surface area contributed by atoms with Crippen LogP contribution in [0.15, 0.2) is 18.2 Å². The van der Waals surface area contributed by atoms with Crippen molar-refractivity contribution < 1.29 is 27.2 Å². The number of carbonyl (C=O) groups excluding carboxylic acids is 2. The van der Waals surface area contributed by atoms with E-state index in [9.17, 15) is 27.2 Å². The summed E-state index contributed by atoms with van der Waals surface area (Å²) in [6.07, 6.45) is -4.55. The Morgan fingerprint density at radius 1 is 1.43 bits per heavy atom. The Bertz CT molecular complexity index is 619. The Kier molecular flexibility index (Phi) is 4.76. The van der Waals surface area contributed by atoms with Crippen LogP contribution in [0.4, 0.5) is 22.4 Å². The summed E-state index contributed by atoms with van der Waals surface area (Å²) in [7, 11) is 0. The predicted octanol–water partition coefficient (Wildman–Crippen LogP) is 1.88. The average molecular weight is 333 g/mol. The number of halogens is 4. The number of benzene rings is 1. The molecule has 9 heteroatoms. The molecule has 5 nitrogen and oxygen atoms in total. The number of piperazine rings is 1. The van der Waals surface area contributed by atoms with Crippen molar-refractivity contribution in [3.8, 4) is 0 Å². The number of nitrogens with zero attached hydrogens (tertiary/aromatic N) is 1. The van der Waals surface area contributed by atoms with Crippen LogP contribution in [0, 0.1) is 12.7 Å². The number of urea groups is 1. The van der Waals surface area contributed by atoms with Gasteiger partial charge in [0, 0.05) is 13.1 Å². The lowest BCUT2D eigenvalue weighted by molar-refractivity contribution is -0.128. The third-order valence-corrected chi connectivity index (χ3v) is 3.44.